The van der Waals surface area contributed by atoms with Gasteiger partial charge in [-0.15, -0.1) is 4.99 Å². The van der Waals surface area contributed by atoms with Crippen LogP contribution in [0.2, 0.25) is 0 Å². The number of hydrogen-bond donors (Lipinski definition) is 2. The summed E-state index contributed by atoms with van der Waals surface area (Å²) in [5.74, 6) is 0.748. The van der Waals surface area contributed by atoms with Crippen LogP contribution in [0.4, 0.5) is 14.9 Å². The molecule has 2 aromatic carbocycles. The number of ether oxygens (including phenoxy) is 2. The maximum Gasteiger partial charge on any atom is 0.437 e. The van der Waals surface area contributed by atoms with Gasteiger partial charge in [0.05, 0.1) is 17.9 Å². The lowest BCUT2D eigenvalue weighted by Crippen LogP contribution is -2.46. The van der Waals surface area contributed by atoms with Crippen LogP contribution in [0.1, 0.15) is 35.4 Å². The highest BCUT2D eigenvalue weighted by Crippen LogP contribution is 2.37. The van der Waals surface area contributed by atoms with Crippen molar-refractivity contribution in [2.24, 2.45) is 22.4 Å². The Bertz CT molecular complexity index is 1070. The fourth-order valence-electron chi connectivity index (χ4n) is 3.60. The second kappa shape index (κ2) is 9.14. The molecule has 8 nitrogen and oxygen atoms in total. The molecule has 2 aliphatic rings. The minimum absolute atomic E-state index is 0.138. The molecule has 1 saturated carbocycles. The van der Waals surface area contributed by atoms with Crippen molar-refractivity contribution in [3.63, 3.8) is 0 Å². The number of nitriles is 1. The lowest BCUT2D eigenvalue weighted by molar-refractivity contribution is 0.149. The van der Waals surface area contributed by atoms with Gasteiger partial charge in [0, 0.05) is 24.6 Å². The van der Waals surface area contributed by atoms with E-state index in [1.807, 2.05) is 35.2 Å². The summed E-state index contributed by atoms with van der Waals surface area (Å²) in [4.78, 5) is 16.5. The summed E-state index contributed by atoms with van der Waals surface area (Å²) in [5.41, 5.74) is 12.0. The monoisotopic (exact) mass is 437 g/mol. The predicted molar refractivity (Wildman–Crippen MR) is 117 cm³/mol. The quantitative estimate of drug-likeness (QED) is 0.503. The van der Waals surface area contributed by atoms with E-state index in [-0.39, 0.29) is 29.3 Å². The van der Waals surface area contributed by atoms with Crippen LogP contribution in [-0.4, -0.2) is 31.7 Å². The first-order valence-electron chi connectivity index (χ1n) is 10.4. The molecule has 1 aliphatic carbocycles. The van der Waals surface area contributed by atoms with E-state index in [9.17, 15) is 10.1 Å². The number of nitrogens with two attached hydrogens (primary N) is 2. The third-order valence-electron chi connectivity index (χ3n) is 5.62. The van der Waals surface area contributed by atoms with E-state index in [2.05, 4.69) is 4.99 Å². The van der Waals surface area contributed by atoms with Gasteiger partial charge in [0.2, 0.25) is 0 Å². The molecule has 1 saturated heterocycles. The Morgan fingerprint density at radius 1 is 1.19 bits per heavy atom. The fourth-order valence-corrected chi connectivity index (χ4v) is 3.60. The van der Waals surface area contributed by atoms with Gasteiger partial charge in [0.15, 0.2) is 11.8 Å². The van der Waals surface area contributed by atoms with E-state index >= 15 is 4.39 Å². The van der Waals surface area contributed by atoms with E-state index in [1.54, 1.807) is 0 Å². The zero-order valence-electron chi connectivity index (χ0n) is 17.5. The van der Waals surface area contributed by atoms with Gasteiger partial charge in [0.1, 0.15) is 18.4 Å². The number of aliphatic imine (C=N–C) groups is 1. The largest absolute Gasteiger partial charge is 0.493 e. The number of carbonyl (C=O) groups excluding carboxylic acids is 1. The number of rotatable bonds is 7. The van der Waals surface area contributed by atoms with Crippen molar-refractivity contribution in [1.29, 1.82) is 5.26 Å². The number of carbonyl (C=O) groups is 1. The Morgan fingerprint density at radius 2 is 1.91 bits per heavy atom. The molecule has 1 amide bonds. The second-order valence-electron chi connectivity index (χ2n) is 8.06. The fraction of sp³-hybridized carbons (Fsp3) is 0.348. The summed E-state index contributed by atoms with van der Waals surface area (Å²) in [6.07, 6.45) is 1.48. The van der Waals surface area contributed by atoms with Crippen LogP contribution in [0.3, 0.4) is 0 Å². The summed E-state index contributed by atoms with van der Waals surface area (Å²) in [7, 11) is 0. The molecule has 32 heavy (non-hydrogen) atoms. The van der Waals surface area contributed by atoms with Crippen molar-refractivity contribution < 1.29 is 18.7 Å². The molecule has 9 heteroatoms. The molecule has 4 N–H and O–H groups in total. The van der Waals surface area contributed by atoms with Crippen molar-refractivity contribution >= 4 is 17.7 Å². The average Bonchev–Trinajstić information content (AvgIpc) is 3.56. The highest BCUT2D eigenvalue weighted by atomic mass is 19.1. The van der Waals surface area contributed by atoms with Gasteiger partial charge in [-0.3, -0.25) is 0 Å². The molecule has 166 valence electrons. The molecule has 0 spiro atoms. The first-order valence-corrected chi connectivity index (χ1v) is 10.4. The normalized spacial score (nSPS) is 15.4. The number of anilines is 1. The molecule has 0 atom stereocenters. The molecule has 2 fully saturated rings. The Kier molecular flexibility index (Phi) is 6.12. The zero-order valence-corrected chi connectivity index (χ0v) is 17.5. The van der Waals surface area contributed by atoms with E-state index in [0.29, 0.717) is 19.0 Å². The van der Waals surface area contributed by atoms with Gasteiger partial charge in [-0.1, -0.05) is 18.2 Å². The maximum absolute atomic E-state index is 15.2. The molecular weight excluding hydrogens is 413 g/mol. The van der Waals surface area contributed by atoms with Gasteiger partial charge < -0.3 is 25.8 Å². The van der Waals surface area contributed by atoms with E-state index in [4.69, 9.17) is 20.9 Å². The molecule has 1 heterocycles. The van der Waals surface area contributed by atoms with Crippen LogP contribution < -0.4 is 21.1 Å². The number of guanidine groups is 1. The summed E-state index contributed by atoms with van der Waals surface area (Å²) in [5, 5.41) is 9.44. The van der Waals surface area contributed by atoms with Gasteiger partial charge >= 0.3 is 6.09 Å². The summed E-state index contributed by atoms with van der Waals surface area (Å²) in [6, 6.07) is 13.0. The SMILES string of the molecule is N#Cc1ccc(COC(=O)N=C(N)N)c(F)c1N1CC(c2ccc(OCC3CC3)cc2)C1. The summed E-state index contributed by atoms with van der Waals surface area (Å²) >= 11 is 0. The van der Waals surface area contributed by atoms with Gasteiger partial charge in [0.25, 0.3) is 0 Å². The molecule has 0 bridgehead atoms. The number of benzene rings is 2. The molecule has 2 aromatic rings. The van der Waals surface area contributed by atoms with Gasteiger partial charge in [-0.25, -0.2) is 9.18 Å². The Morgan fingerprint density at radius 3 is 2.53 bits per heavy atom. The number of hydrogen-bond acceptors (Lipinski definition) is 5. The van der Waals surface area contributed by atoms with Crippen LogP contribution in [0.15, 0.2) is 41.4 Å². The first kappa shape index (κ1) is 21.4. The highest BCUT2D eigenvalue weighted by Gasteiger charge is 2.32. The van der Waals surface area contributed by atoms with Crippen LogP contribution >= 0.6 is 0 Å². The smallest absolute Gasteiger partial charge is 0.437 e. The Balaban J connectivity index is 1.40. The van der Waals surface area contributed by atoms with Crippen LogP contribution in [0.25, 0.3) is 0 Å². The van der Waals surface area contributed by atoms with E-state index in [1.165, 1.54) is 25.0 Å². The molecule has 0 aromatic heterocycles. The van der Waals surface area contributed by atoms with Gasteiger partial charge in [-0.05, 0) is 42.5 Å². The highest BCUT2D eigenvalue weighted by molar-refractivity contribution is 5.87. The maximum atomic E-state index is 15.2. The lowest BCUT2D eigenvalue weighted by atomic mass is 9.90. The third kappa shape index (κ3) is 4.91. The van der Waals surface area contributed by atoms with Crippen molar-refractivity contribution in [2.45, 2.75) is 25.4 Å². The summed E-state index contributed by atoms with van der Waals surface area (Å²) < 4.78 is 25.8. The minimum Gasteiger partial charge on any atom is -0.493 e. The number of nitrogens with zero attached hydrogens (tertiary/aromatic N) is 3. The van der Waals surface area contributed by atoms with Crippen LogP contribution in [-0.2, 0) is 11.3 Å². The third-order valence-corrected chi connectivity index (χ3v) is 5.62. The van der Waals surface area contributed by atoms with Crippen LogP contribution in [0.5, 0.6) is 5.75 Å². The van der Waals surface area contributed by atoms with Crippen molar-refractivity contribution in [2.75, 3.05) is 24.6 Å². The number of halogens is 1. The lowest BCUT2D eigenvalue weighted by Gasteiger charge is -2.42. The van der Waals surface area contributed by atoms with E-state index < -0.39 is 17.9 Å². The molecule has 1 aliphatic heterocycles. The predicted octanol–water partition coefficient (Wildman–Crippen LogP) is 3.00. The Labute approximate surface area is 185 Å². The first-order chi connectivity index (χ1) is 15.4. The zero-order chi connectivity index (χ0) is 22.7. The standard InChI is InChI=1S/C23H24FN5O3/c24-20-17(13-32-23(30)28-22(26)27)4-3-16(9-25)21(20)29-10-18(11-29)15-5-7-19(8-6-15)31-12-14-1-2-14/h3-8,14,18H,1-2,10-13H2,(H4,26,27,28,30). The van der Waals surface area contributed by atoms with E-state index in [0.717, 1.165) is 17.9 Å². The van der Waals surface area contributed by atoms with Gasteiger partial charge in [-0.2, -0.15) is 5.26 Å². The van der Waals surface area contributed by atoms with Crippen molar-refractivity contribution in [1.82, 2.24) is 0 Å². The molecule has 0 unspecified atom stereocenters. The molecule has 4 rings (SSSR count). The van der Waals surface area contributed by atoms with Crippen LogP contribution in [0, 0.1) is 23.1 Å². The number of amides is 1. The topological polar surface area (TPSA) is 127 Å². The second-order valence-corrected chi connectivity index (χ2v) is 8.06. The molecule has 0 radical (unpaired) electrons. The average molecular weight is 437 g/mol. The Hall–Kier alpha value is -3.80. The summed E-state index contributed by atoms with van der Waals surface area (Å²) in [6.45, 7) is 1.57. The van der Waals surface area contributed by atoms with Crippen molar-refractivity contribution in [3.8, 4) is 11.8 Å². The molecular formula is C23H24FN5O3. The van der Waals surface area contributed by atoms with Crippen molar-refractivity contribution in [3.05, 3.63) is 58.9 Å². The minimum atomic E-state index is -1.01.